The number of rotatable bonds is 5. The Morgan fingerprint density at radius 3 is 2.91 bits per heavy atom. The third-order valence-electron chi connectivity index (χ3n) is 4.21. The van der Waals surface area contributed by atoms with Gasteiger partial charge in [0.1, 0.15) is 0 Å². The number of hydrogen-bond acceptors (Lipinski definition) is 2. The lowest BCUT2D eigenvalue weighted by Crippen LogP contribution is -2.42. The van der Waals surface area contributed by atoms with Gasteiger partial charge in [-0.15, -0.1) is 12.4 Å². The molecular formula is C17H26BrClN2O. The molecule has 1 fully saturated rings. The maximum Gasteiger partial charge on any atom is 0.222 e. The van der Waals surface area contributed by atoms with Gasteiger partial charge in [-0.25, -0.2) is 0 Å². The smallest absolute Gasteiger partial charge is 0.222 e. The highest BCUT2D eigenvalue weighted by molar-refractivity contribution is 9.10. The molecule has 0 radical (unpaired) electrons. The number of hydrogen-bond donors (Lipinski definition) is 1. The monoisotopic (exact) mass is 388 g/mol. The molecule has 0 aromatic heterocycles. The molecule has 1 aromatic carbocycles. The molecule has 0 aliphatic carbocycles. The van der Waals surface area contributed by atoms with Gasteiger partial charge in [0.2, 0.25) is 5.91 Å². The summed E-state index contributed by atoms with van der Waals surface area (Å²) in [4.78, 5) is 14.4. The number of benzene rings is 1. The molecule has 0 saturated carbocycles. The number of halogens is 2. The normalized spacial score (nSPS) is 18.0. The molecule has 3 nitrogen and oxygen atoms in total. The molecule has 124 valence electrons. The highest BCUT2D eigenvalue weighted by atomic mass is 79.9. The fraction of sp³-hybridized carbons (Fsp3) is 0.588. The molecule has 1 N–H and O–H groups in total. The molecule has 0 spiro atoms. The van der Waals surface area contributed by atoms with E-state index in [2.05, 4.69) is 51.3 Å². The lowest BCUT2D eigenvalue weighted by Gasteiger charge is -2.32. The topological polar surface area (TPSA) is 32.3 Å². The van der Waals surface area contributed by atoms with Gasteiger partial charge in [-0.05, 0) is 62.9 Å². The highest BCUT2D eigenvalue weighted by Crippen LogP contribution is 2.20. The van der Waals surface area contributed by atoms with E-state index >= 15 is 0 Å². The Bertz CT molecular complexity index is 494. The summed E-state index contributed by atoms with van der Waals surface area (Å²) in [5, 5.41) is 3.22. The first-order valence-corrected chi connectivity index (χ1v) is 8.57. The largest absolute Gasteiger partial charge is 0.342 e. The maximum absolute atomic E-state index is 12.4. The summed E-state index contributed by atoms with van der Waals surface area (Å²) in [7, 11) is 1.98. The Labute approximate surface area is 148 Å². The molecule has 2 rings (SSSR count). The van der Waals surface area contributed by atoms with Gasteiger partial charge in [0.25, 0.3) is 0 Å². The number of likely N-dealkylation sites (tertiary alicyclic amines) is 1. The fourth-order valence-corrected chi connectivity index (χ4v) is 3.27. The third-order valence-corrected chi connectivity index (χ3v) is 5.10. The van der Waals surface area contributed by atoms with Crippen molar-refractivity contribution in [3.8, 4) is 0 Å². The first kappa shape index (κ1) is 19.5. The number of carbonyl (C=O) groups excluding carboxylic acids is 1. The summed E-state index contributed by atoms with van der Waals surface area (Å²) >= 11 is 3.51. The van der Waals surface area contributed by atoms with Crippen LogP contribution in [0.15, 0.2) is 22.7 Å². The molecule has 1 heterocycles. The van der Waals surface area contributed by atoms with Gasteiger partial charge in [0.15, 0.2) is 0 Å². The van der Waals surface area contributed by atoms with E-state index in [1.807, 2.05) is 7.05 Å². The lowest BCUT2D eigenvalue weighted by molar-refractivity contribution is -0.132. The summed E-state index contributed by atoms with van der Waals surface area (Å²) < 4.78 is 1.13. The zero-order valence-electron chi connectivity index (χ0n) is 13.4. The van der Waals surface area contributed by atoms with E-state index in [4.69, 9.17) is 0 Å². The minimum Gasteiger partial charge on any atom is -0.342 e. The molecular weight excluding hydrogens is 364 g/mol. The predicted octanol–water partition coefficient (Wildman–Crippen LogP) is 3.57. The van der Waals surface area contributed by atoms with E-state index in [0.29, 0.717) is 18.2 Å². The summed E-state index contributed by atoms with van der Waals surface area (Å²) in [6.07, 6.45) is 3.82. The summed E-state index contributed by atoms with van der Waals surface area (Å²) in [6, 6.07) is 6.33. The molecule has 1 aliphatic rings. The van der Waals surface area contributed by atoms with Crippen LogP contribution in [0, 0.1) is 12.8 Å². The van der Waals surface area contributed by atoms with Gasteiger partial charge in [-0.3, -0.25) is 4.79 Å². The Hall–Kier alpha value is -0.580. The molecule has 1 atom stereocenters. The fourth-order valence-electron chi connectivity index (χ4n) is 3.02. The quantitative estimate of drug-likeness (QED) is 0.835. The summed E-state index contributed by atoms with van der Waals surface area (Å²) in [6.45, 7) is 4.94. The van der Waals surface area contributed by atoms with E-state index in [9.17, 15) is 4.79 Å². The van der Waals surface area contributed by atoms with E-state index < -0.39 is 0 Å². The lowest BCUT2D eigenvalue weighted by atomic mass is 9.97. The molecule has 0 bridgehead atoms. The Kier molecular flexibility index (Phi) is 8.44. The second-order valence-electron chi connectivity index (χ2n) is 5.99. The van der Waals surface area contributed by atoms with E-state index in [1.54, 1.807) is 0 Å². The van der Waals surface area contributed by atoms with Crippen molar-refractivity contribution in [2.45, 2.75) is 32.6 Å². The number of amides is 1. The molecule has 1 aromatic rings. The molecule has 22 heavy (non-hydrogen) atoms. The zero-order valence-corrected chi connectivity index (χ0v) is 15.8. The van der Waals surface area contributed by atoms with Crippen molar-refractivity contribution in [3.05, 3.63) is 33.8 Å². The van der Waals surface area contributed by atoms with Gasteiger partial charge in [0, 0.05) is 24.0 Å². The van der Waals surface area contributed by atoms with Crippen LogP contribution in [0.2, 0.25) is 0 Å². The molecule has 1 saturated heterocycles. The first-order chi connectivity index (χ1) is 10.1. The van der Waals surface area contributed by atoms with Gasteiger partial charge in [0.05, 0.1) is 0 Å². The van der Waals surface area contributed by atoms with E-state index in [-0.39, 0.29) is 12.4 Å². The zero-order chi connectivity index (χ0) is 15.2. The molecule has 1 amide bonds. The minimum atomic E-state index is 0. The SMILES string of the molecule is CNCC1CCCN(C(=O)CCc2ccc(Br)c(C)c2)C1.Cl. The van der Waals surface area contributed by atoms with Crippen LogP contribution in [0.5, 0.6) is 0 Å². The number of nitrogens with zero attached hydrogens (tertiary/aromatic N) is 1. The van der Waals surface area contributed by atoms with Crippen molar-refractivity contribution in [1.29, 1.82) is 0 Å². The van der Waals surface area contributed by atoms with Crippen LogP contribution in [-0.4, -0.2) is 37.5 Å². The van der Waals surface area contributed by atoms with Crippen LogP contribution >= 0.6 is 28.3 Å². The summed E-state index contributed by atoms with van der Waals surface area (Å²) in [5.74, 6) is 0.916. The molecule has 1 unspecified atom stereocenters. The number of nitrogens with one attached hydrogen (secondary N) is 1. The summed E-state index contributed by atoms with van der Waals surface area (Å²) in [5.41, 5.74) is 2.47. The predicted molar refractivity (Wildman–Crippen MR) is 97.7 cm³/mol. The van der Waals surface area contributed by atoms with E-state index in [1.165, 1.54) is 17.5 Å². The van der Waals surface area contributed by atoms with Crippen molar-refractivity contribution < 1.29 is 4.79 Å². The Morgan fingerprint density at radius 2 is 2.23 bits per heavy atom. The second-order valence-corrected chi connectivity index (χ2v) is 6.84. The van der Waals surface area contributed by atoms with Crippen LogP contribution < -0.4 is 5.32 Å². The Balaban J connectivity index is 0.00000242. The molecule has 5 heteroatoms. The van der Waals surface area contributed by atoms with Crippen LogP contribution in [0.4, 0.5) is 0 Å². The minimum absolute atomic E-state index is 0. The highest BCUT2D eigenvalue weighted by Gasteiger charge is 2.22. The van der Waals surface area contributed by atoms with Crippen molar-refractivity contribution in [2.24, 2.45) is 5.92 Å². The van der Waals surface area contributed by atoms with Gasteiger partial charge in [-0.1, -0.05) is 28.1 Å². The van der Waals surface area contributed by atoms with Crippen molar-refractivity contribution in [2.75, 3.05) is 26.7 Å². The third kappa shape index (κ3) is 5.56. The number of aryl methyl sites for hydroxylation is 2. The van der Waals surface area contributed by atoms with Crippen LogP contribution in [0.3, 0.4) is 0 Å². The average molecular weight is 390 g/mol. The standard InChI is InChI=1S/C17H25BrN2O.ClH/c1-13-10-14(5-7-16(13)18)6-8-17(21)20-9-3-4-15(12-20)11-19-2;/h5,7,10,15,19H,3-4,6,8-9,11-12H2,1-2H3;1H. The van der Waals surface area contributed by atoms with Gasteiger partial charge in [-0.2, -0.15) is 0 Å². The van der Waals surface area contributed by atoms with Crippen LogP contribution in [0.1, 0.15) is 30.4 Å². The Morgan fingerprint density at radius 1 is 1.45 bits per heavy atom. The van der Waals surface area contributed by atoms with Crippen molar-refractivity contribution in [3.63, 3.8) is 0 Å². The van der Waals surface area contributed by atoms with Gasteiger partial charge >= 0.3 is 0 Å². The second kappa shape index (κ2) is 9.53. The number of piperidine rings is 1. The molecule has 1 aliphatic heterocycles. The number of carbonyl (C=O) groups is 1. The van der Waals surface area contributed by atoms with E-state index in [0.717, 1.165) is 36.9 Å². The average Bonchev–Trinajstić information content (AvgIpc) is 2.49. The van der Waals surface area contributed by atoms with Crippen molar-refractivity contribution >= 4 is 34.2 Å². The van der Waals surface area contributed by atoms with Crippen molar-refractivity contribution in [1.82, 2.24) is 10.2 Å². The van der Waals surface area contributed by atoms with Gasteiger partial charge < -0.3 is 10.2 Å². The maximum atomic E-state index is 12.4. The van der Waals surface area contributed by atoms with Crippen LogP contribution in [-0.2, 0) is 11.2 Å². The van der Waals surface area contributed by atoms with Crippen LogP contribution in [0.25, 0.3) is 0 Å². The first-order valence-electron chi connectivity index (χ1n) is 7.77.